The number of nitrogen functional groups attached to an aromatic ring is 1. The lowest BCUT2D eigenvalue weighted by Gasteiger charge is -2.09. The second-order valence-electron chi connectivity index (χ2n) is 4.75. The van der Waals surface area contributed by atoms with Gasteiger partial charge in [0.15, 0.2) is 0 Å². The number of nitrogens with two attached hydrogens (primary N) is 1. The number of methoxy groups -OCH3 is 1. The average Bonchev–Trinajstić information content (AvgIpc) is 2.34. The number of carbonyl (C=O) groups excluding carboxylic acids is 1. The molecule has 0 aliphatic rings. The Hall–Kier alpha value is -1.71. The summed E-state index contributed by atoms with van der Waals surface area (Å²) in [6.45, 7) is 5.04. The monoisotopic (exact) mass is 250 g/mol. The van der Waals surface area contributed by atoms with E-state index in [0.29, 0.717) is 29.5 Å². The van der Waals surface area contributed by atoms with E-state index in [1.807, 2.05) is 0 Å². The summed E-state index contributed by atoms with van der Waals surface area (Å²) < 4.78 is 5.09. The van der Waals surface area contributed by atoms with Crippen LogP contribution in [0.5, 0.6) is 5.75 Å². The van der Waals surface area contributed by atoms with Gasteiger partial charge >= 0.3 is 0 Å². The summed E-state index contributed by atoms with van der Waals surface area (Å²) in [5.41, 5.74) is 6.81. The first-order valence-electron chi connectivity index (χ1n) is 6.26. The van der Waals surface area contributed by atoms with Gasteiger partial charge in [-0.25, -0.2) is 0 Å². The number of nitrogens with one attached hydrogen (secondary N) is 1. The van der Waals surface area contributed by atoms with Gasteiger partial charge < -0.3 is 15.8 Å². The molecule has 1 aromatic rings. The van der Waals surface area contributed by atoms with Gasteiger partial charge in [-0.05, 0) is 37.0 Å². The highest BCUT2D eigenvalue weighted by molar-refractivity contribution is 5.95. The van der Waals surface area contributed by atoms with Crippen molar-refractivity contribution in [2.24, 2.45) is 5.92 Å². The number of amides is 1. The molecule has 0 fully saturated rings. The third-order valence-electron chi connectivity index (χ3n) is 2.74. The minimum atomic E-state index is -0.0861. The van der Waals surface area contributed by atoms with Crippen LogP contribution in [0.15, 0.2) is 18.2 Å². The molecule has 1 amide bonds. The molecule has 0 aliphatic heterocycles. The van der Waals surface area contributed by atoms with Crippen molar-refractivity contribution in [2.75, 3.05) is 19.4 Å². The summed E-state index contributed by atoms with van der Waals surface area (Å²) in [6, 6.07) is 5.05. The Morgan fingerprint density at radius 3 is 2.78 bits per heavy atom. The average molecular weight is 250 g/mol. The number of hydrogen-bond acceptors (Lipinski definition) is 3. The third kappa shape index (κ3) is 4.28. The number of hydrogen-bond donors (Lipinski definition) is 2. The fourth-order valence-electron chi connectivity index (χ4n) is 1.67. The van der Waals surface area contributed by atoms with Crippen LogP contribution in [0.1, 0.15) is 37.0 Å². The van der Waals surface area contributed by atoms with Gasteiger partial charge in [0.25, 0.3) is 5.91 Å². The van der Waals surface area contributed by atoms with Gasteiger partial charge in [0.2, 0.25) is 0 Å². The van der Waals surface area contributed by atoms with Gasteiger partial charge in [-0.3, -0.25) is 4.79 Å². The summed E-state index contributed by atoms with van der Waals surface area (Å²) in [6.07, 6.45) is 2.11. The molecule has 0 radical (unpaired) electrons. The summed E-state index contributed by atoms with van der Waals surface area (Å²) in [4.78, 5) is 11.9. The third-order valence-corrected chi connectivity index (χ3v) is 2.74. The smallest absolute Gasteiger partial charge is 0.251 e. The molecule has 18 heavy (non-hydrogen) atoms. The highest BCUT2D eigenvalue weighted by atomic mass is 16.5. The van der Waals surface area contributed by atoms with E-state index < -0.39 is 0 Å². The molecule has 1 aromatic carbocycles. The molecule has 0 saturated heterocycles. The van der Waals surface area contributed by atoms with Crippen LogP contribution >= 0.6 is 0 Å². The highest BCUT2D eigenvalue weighted by Crippen LogP contribution is 2.21. The van der Waals surface area contributed by atoms with E-state index in [9.17, 15) is 4.79 Å². The van der Waals surface area contributed by atoms with Crippen LogP contribution in [-0.4, -0.2) is 19.6 Å². The summed E-state index contributed by atoms with van der Waals surface area (Å²) in [7, 11) is 1.54. The van der Waals surface area contributed by atoms with E-state index >= 15 is 0 Å². The molecule has 3 N–H and O–H groups in total. The zero-order valence-electron chi connectivity index (χ0n) is 11.3. The van der Waals surface area contributed by atoms with E-state index in [-0.39, 0.29) is 5.91 Å². The second kappa shape index (κ2) is 6.89. The van der Waals surface area contributed by atoms with Crippen molar-refractivity contribution in [1.29, 1.82) is 0 Å². The number of rotatable bonds is 6. The molecule has 0 unspecified atom stereocenters. The first-order chi connectivity index (χ1) is 8.54. The Morgan fingerprint density at radius 1 is 1.44 bits per heavy atom. The highest BCUT2D eigenvalue weighted by Gasteiger charge is 2.08. The summed E-state index contributed by atoms with van der Waals surface area (Å²) >= 11 is 0. The molecule has 0 spiro atoms. The summed E-state index contributed by atoms with van der Waals surface area (Å²) in [5.74, 6) is 1.11. The minimum Gasteiger partial charge on any atom is -0.495 e. The second-order valence-corrected chi connectivity index (χ2v) is 4.75. The number of carbonyl (C=O) groups is 1. The predicted molar refractivity (Wildman–Crippen MR) is 73.8 cm³/mol. The van der Waals surface area contributed by atoms with Crippen LogP contribution in [0.25, 0.3) is 0 Å². The van der Waals surface area contributed by atoms with Crippen LogP contribution in [0.4, 0.5) is 5.69 Å². The van der Waals surface area contributed by atoms with Crippen LogP contribution in [0.3, 0.4) is 0 Å². The Kier molecular flexibility index (Phi) is 5.49. The van der Waals surface area contributed by atoms with Gasteiger partial charge in [0, 0.05) is 12.1 Å². The van der Waals surface area contributed by atoms with Gasteiger partial charge in [0.1, 0.15) is 5.75 Å². The molecule has 100 valence electrons. The standard InChI is InChI=1S/C14H22N2O2/c1-10(2)5-4-8-16-14(17)11-6-7-12(15)13(9-11)18-3/h6-7,9-10H,4-5,8,15H2,1-3H3,(H,16,17). The molecule has 0 aromatic heterocycles. The SMILES string of the molecule is COc1cc(C(=O)NCCCC(C)C)ccc1N. The molecular formula is C14H22N2O2. The Labute approximate surface area is 109 Å². The predicted octanol–water partition coefficient (Wildman–Crippen LogP) is 2.44. The topological polar surface area (TPSA) is 64.3 Å². The fraction of sp³-hybridized carbons (Fsp3) is 0.500. The first-order valence-corrected chi connectivity index (χ1v) is 6.26. The lowest BCUT2D eigenvalue weighted by Crippen LogP contribution is -2.24. The molecule has 0 aliphatic carbocycles. The van der Waals surface area contributed by atoms with E-state index in [0.717, 1.165) is 12.8 Å². The molecule has 0 heterocycles. The molecule has 1 rings (SSSR count). The van der Waals surface area contributed by atoms with Crippen molar-refractivity contribution in [1.82, 2.24) is 5.32 Å². The summed E-state index contributed by atoms with van der Waals surface area (Å²) in [5, 5.41) is 2.89. The Morgan fingerprint density at radius 2 is 2.17 bits per heavy atom. The van der Waals surface area contributed by atoms with Gasteiger partial charge in [-0.2, -0.15) is 0 Å². The quantitative estimate of drug-likeness (QED) is 0.602. The van der Waals surface area contributed by atoms with Gasteiger partial charge in [-0.1, -0.05) is 13.8 Å². The maximum Gasteiger partial charge on any atom is 0.251 e. The van der Waals surface area contributed by atoms with Crippen molar-refractivity contribution in [3.05, 3.63) is 23.8 Å². The van der Waals surface area contributed by atoms with Crippen LogP contribution in [-0.2, 0) is 0 Å². The molecule has 4 heteroatoms. The van der Waals surface area contributed by atoms with Crippen molar-refractivity contribution >= 4 is 11.6 Å². The molecule has 0 bridgehead atoms. The Bertz CT molecular complexity index is 403. The normalized spacial score (nSPS) is 10.4. The molecule has 4 nitrogen and oxygen atoms in total. The first kappa shape index (κ1) is 14.4. The van der Waals surface area contributed by atoms with E-state index in [1.54, 1.807) is 18.2 Å². The van der Waals surface area contributed by atoms with Gasteiger partial charge in [0.05, 0.1) is 12.8 Å². The van der Waals surface area contributed by atoms with Crippen molar-refractivity contribution in [3.8, 4) is 5.75 Å². The van der Waals surface area contributed by atoms with E-state index in [1.165, 1.54) is 7.11 Å². The van der Waals surface area contributed by atoms with E-state index in [2.05, 4.69) is 19.2 Å². The zero-order chi connectivity index (χ0) is 13.5. The molecular weight excluding hydrogens is 228 g/mol. The van der Waals surface area contributed by atoms with Crippen molar-refractivity contribution in [3.63, 3.8) is 0 Å². The maximum atomic E-state index is 11.9. The molecule has 0 saturated carbocycles. The maximum absolute atomic E-state index is 11.9. The van der Waals surface area contributed by atoms with Crippen molar-refractivity contribution < 1.29 is 9.53 Å². The Balaban J connectivity index is 2.51. The number of ether oxygens (including phenoxy) is 1. The van der Waals surface area contributed by atoms with Crippen molar-refractivity contribution in [2.45, 2.75) is 26.7 Å². The number of anilines is 1. The largest absolute Gasteiger partial charge is 0.495 e. The molecule has 0 atom stereocenters. The lowest BCUT2D eigenvalue weighted by atomic mass is 10.1. The van der Waals surface area contributed by atoms with Crippen LogP contribution < -0.4 is 15.8 Å². The lowest BCUT2D eigenvalue weighted by molar-refractivity contribution is 0.0952. The van der Waals surface area contributed by atoms with Gasteiger partial charge in [-0.15, -0.1) is 0 Å². The minimum absolute atomic E-state index is 0.0861. The zero-order valence-corrected chi connectivity index (χ0v) is 11.3. The fourth-order valence-corrected chi connectivity index (χ4v) is 1.67. The van der Waals surface area contributed by atoms with E-state index in [4.69, 9.17) is 10.5 Å². The van der Waals surface area contributed by atoms with Crippen LogP contribution in [0.2, 0.25) is 0 Å². The van der Waals surface area contributed by atoms with Crippen LogP contribution in [0, 0.1) is 5.92 Å². The number of benzene rings is 1.